The van der Waals surface area contributed by atoms with Gasteiger partial charge in [0.2, 0.25) is 0 Å². The Morgan fingerprint density at radius 2 is 2.04 bits per heavy atom. The largest absolute Gasteiger partial charge is 0.401 e. The van der Waals surface area contributed by atoms with Crippen LogP contribution in [0.4, 0.5) is 0 Å². The van der Waals surface area contributed by atoms with Gasteiger partial charge in [-0.1, -0.05) is 0 Å². The Labute approximate surface area is 138 Å². The molecular formula is C17H19N7. The van der Waals surface area contributed by atoms with Crippen LogP contribution < -0.4 is 11.6 Å². The number of nitrogens with two attached hydrogens (primary N) is 2. The number of aromatic nitrogens is 4. The highest BCUT2D eigenvalue weighted by Crippen LogP contribution is 2.30. The van der Waals surface area contributed by atoms with E-state index in [0.717, 1.165) is 44.1 Å². The van der Waals surface area contributed by atoms with Crippen molar-refractivity contribution in [1.82, 2.24) is 24.8 Å². The van der Waals surface area contributed by atoms with E-state index in [1.165, 1.54) is 5.01 Å². The summed E-state index contributed by atoms with van der Waals surface area (Å²) >= 11 is 0. The molecule has 7 heteroatoms. The van der Waals surface area contributed by atoms with Gasteiger partial charge in [-0.25, -0.2) is 10.8 Å². The second kappa shape index (κ2) is 4.97. The van der Waals surface area contributed by atoms with Crippen LogP contribution in [0.2, 0.25) is 0 Å². The minimum Gasteiger partial charge on any atom is -0.401 e. The first-order chi connectivity index (χ1) is 11.5. The molecule has 0 aliphatic carbocycles. The van der Waals surface area contributed by atoms with Gasteiger partial charge in [-0.15, -0.1) is 0 Å². The number of hydrogen-bond acceptors (Lipinski definition) is 5. The number of allylic oxidation sites excluding steroid dienone is 1. The third kappa shape index (κ3) is 2.02. The molecule has 0 fully saturated rings. The van der Waals surface area contributed by atoms with Crippen molar-refractivity contribution in [3.63, 3.8) is 0 Å². The quantitative estimate of drug-likeness (QED) is 0.387. The minimum absolute atomic E-state index is 0.638. The lowest BCUT2D eigenvalue weighted by atomic mass is 10.1. The average Bonchev–Trinajstić information content (AvgIpc) is 3.05. The van der Waals surface area contributed by atoms with E-state index in [1.54, 1.807) is 13.2 Å². The highest BCUT2D eigenvalue weighted by Gasteiger charge is 2.14. The predicted octanol–water partition coefficient (Wildman–Crippen LogP) is 2.06. The molecule has 4 rings (SSSR count). The van der Waals surface area contributed by atoms with Crippen molar-refractivity contribution in [3.05, 3.63) is 41.9 Å². The number of fused-ring (bicyclic) bond motifs is 4. The maximum Gasteiger partial charge on any atom is 0.0981 e. The van der Waals surface area contributed by atoms with Gasteiger partial charge in [-0.2, -0.15) is 0 Å². The summed E-state index contributed by atoms with van der Waals surface area (Å²) in [5.74, 6) is 5.90. The number of benzene rings is 1. The molecule has 4 aromatic rings. The fourth-order valence-corrected chi connectivity index (χ4v) is 3.23. The van der Waals surface area contributed by atoms with Crippen LogP contribution in [-0.2, 0) is 7.05 Å². The lowest BCUT2D eigenvalue weighted by Crippen LogP contribution is -2.26. The van der Waals surface area contributed by atoms with Crippen molar-refractivity contribution >= 4 is 38.5 Å². The monoisotopic (exact) mass is 321 g/mol. The first-order valence-corrected chi connectivity index (χ1v) is 7.64. The smallest absolute Gasteiger partial charge is 0.0981 e. The minimum atomic E-state index is 0.638. The van der Waals surface area contributed by atoms with Crippen LogP contribution >= 0.6 is 0 Å². The Kier molecular flexibility index (Phi) is 3.01. The fraction of sp³-hybridized carbons (Fsp3) is 0.176. The number of aryl methyl sites for hydroxylation is 1. The van der Waals surface area contributed by atoms with Crippen LogP contribution in [0.25, 0.3) is 38.5 Å². The van der Waals surface area contributed by atoms with E-state index in [-0.39, 0.29) is 0 Å². The summed E-state index contributed by atoms with van der Waals surface area (Å²) in [5.41, 5.74) is 11.9. The summed E-state index contributed by atoms with van der Waals surface area (Å²) < 4.78 is 1.97. The van der Waals surface area contributed by atoms with Gasteiger partial charge < -0.3 is 15.8 Å². The first-order valence-electron chi connectivity index (χ1n) is 7.64. The number of aromatic amines is 1. The van der Waals surface area contributed by atoms with Crippen molar-refractivity contribution in [2.24, 2.45) is 18.6 Å². The van der Waals surface area contributed by atoms with E-state index in [0.29, 0.717) is 5.70 Å². The van der Waals surface area contributed by atoms with Crippen molar-refractivity contribution in [3.8, 4) is 0 Å². The molecule has 122 valence electrons. The average molecular weight is 321 g/mol. The van der Waals surface area contributed by atoms with Crippen LogP contribution in [0.3, 0.4) is 0 Å². The summed E-state index contributed by atoms with van der Waals surface area (Å²) in [6.45, 7) is 1.82. The molecule has 0 atom stereocenters. The Hall–Kier alpha value is -3.06. The summed E-state index contributed by atoms with van der Waals surface area (Å²) in [6, 6.07) is 6.17. The lowest BCUT2D eigenvalue weighted by Gasteiger charge is -2.18. The molecule has 3 heterocycles. The standard InChI is InChI=1S/C17H19N7/c1-9(18)17(23(2)19)11-5-14-16(20-7-11)12-4-10-8-21-24(3)15(10)6-13(12)22-14/h4-8,21H,18-19H2,1-3H3/b17-9-. The van der Waals surface area contributed by atoms with Gasteiger partial charge in [0.15, 0.2) is 0 Å². The fourth-order valence-electron chi connectivity index (χ4n) is 3.23. The molecule has 3 aromatic heterocycles. The molecule has 5 N–H and O–H groups in total. The number of nitrogens with one attached hydrogen (secondary N) is 1. The molecule has 1 aromatic carbocycles. The molecule has 0 amide bonds. The topological polar surface area (TPSA) is 102 Å². The second-order valence-corrected chi connectivity index (χ2v) is 6.11. The molecule has 0 saturated carbocycles. The van der Waals surface area contributed by atoms with Crippen LogP contribution in [0.15, 0.2) is 36.3 Å². The number of hydrogen-bond donors (Lipinski definition) is 3. The van der Waals surface area contributed by atoms with Crippen molar-refractivity contribution in [2.45, 2.75) is 6.92 Å². The van der Waals surface area contributed by atoms with Crippen molar-refractivity contribution in [2.75, 3.05) is 7.05 Å². The zero-order valence-corrected chi connectivity index (χ0v) is 13.8. The van der Waals surface area contributed by atoms with Crippen LogP contribution in [0, 0.1) is 0 Å². The molecule has 0 aliphatic heterocycles. The lowest BCUT2D eigenvalue weighted by molar-refractivity contribution is 0.507. The van der Waals surface area contributed by atoms with Crippen LogP contribution in [0.1, 0.15) is 12.5 Å². The number of hydrazine groups is 1. The van der Waals surface area contributed by atoms with E-state index < -0.39 is 0 Å². The normalized spacial score (nSPS) is 13.0. The van der Waals surface area contributed by atoms with Gasteiger partial charge in [0.1, 0.15) is 0 Å². The van der Waals surface area contributed by atoms with Crippen LogP contribution in [-0.4, -0.2) is 31.8 Å². The molecule has 0 saturated heterocycles. The molecule has 0 spiro atoms. The molecule has 0 unspecified atom stereocenters. The highest BCUT2D eigenvalue weighted by atomic mass is 15.4. The molecule has 7 nitrogen and oxygen atoms in total. The Bertz CT molecular complexity index is 1110. The van der Waals surface area contributed by atoms with E-state index in [2.05, 4.69) is 22.2 Å². The van der Waals surface area contributed by atoms with Gasteiger partial charge in [0.05, 0.1) is 27.8 Å². The van der Waals surface area contributed by atoms with Gasteiger partial charge in [0, 0.05) is 48.5 Å². The third-order valence-corrected chi connectivity index (χ3v) is 4.28. The maximum absolute atomic E-state index is 5.96. The predicted molar refractivity (Wildman–Crippen MR) is 96.6 cm³/mol. The number of rotatable bonds is 2. The second-order valence-electron chi connectivity index (χ2n) is 6.11. The van der Waals surface area contributed by atoms with E-state index >= 15 is 0 Å². The van der Waals surface area contributed by atoms with Crippen LogP contribution in [0.5, 0.6) is 0 Å². The third-order valence-electron chi connectivity index (χ3n) is 4.28. The Balaban J connectivity index is 1.99. The van der Waals surface area contributed by atoms with E-state index in [9.17, 15) is 0 Å². The van der Waals surface area contributed by atoms with Gasteiger partial charge in [-0.3, -0.25) is 9.67 Å². The summed E-state index contributed by atoms with van der Waals surface area (Å²) in [5, 5.41) is 6.84. The molecule has 0 aliphatic rings. The maximum atomic E-state index is 5.96. The van der Waals surface area contributed by atoms with E-state index in [1.807, 2.05) is 30.9 Å². The Morgan fingerprint density at radius 3 is 2.75 bits per heavy atom. The SMILES string of the molecule is C/C(N)=C(\c1cnc2c(c1)nc1cc3c(c[nH]n3C)cc12)N(C)N. The summed E-state index contributed by atoms with van der Waals surface area (Å²) in [6.07, 6.45) is 3.77. The van der Waals surface area contributed by atoms with Crippen molar-refractivity contribution in [1.29, 1.82) is 0 Å². The van der Waals surface area contributed by atoms with E-state index in [4.69, 9.17) is 16.6 Å². The van der Waals surface area contributed by atoms with Gasteiger partial charge in [-0.05, 0) is 25.1 Å². The molecule has 0 radical (unpaired) electrons. The molecule has 0 bridgehead atoms. The first kappa shape index (κ1) is 14.5. The molecule has 24 heavy (non-hydrogen) atoms. The van der Waals surface area contributed by atoms with Gasteiger partial charge in [0.25, 0.3) is 0 Å². The number of nitrogens with zero attached hydrogens (tertiary/aromatic N) is 4. The highest BCUT2D eigenvalue weighted by molar-refractivity contribution is 6.09. The van der Waals surface area contributed by atoms with Crippen molar-refractivity contribution < 1.29 is 0 Å². The van der Waals surface area contributed by atoms with Gasteiger partial charge >= 0.3 is 0 Å². The zero-order valence-electron chi connectivity index (χ0n) is 13.8. The summed E-state index contributed by atoms with van der Waals surface area (Å²) in [4.78, 5) is 9.35. The zero-order chi connectivity index (χ0) is 17.0. The Morgan fingerprint density at radius 1 is 1.25 bits per heavy atom. The molecular weight excluding hydrogens is 302 g/mol. The number of H-pyrrole nitrogens is 1. The summed E-state index contributed by atoms with van der Waals surface area (Å²) in [7, 11) is 3.74. The number of pyridine rings is 1.